The molecule has 3 nitrogen and oxygen atoms in total. The Labute approximate surface area is 102 Å². The third kappa shape index (κ3) is 2.21. The van der Waals surface area contributed by atoms with Crippen LogP contribution >= 0.6 is 0 Å². The van der Waals surface area contributed by atoms with Gasteiger partial charge in [-0.3, -0.25) is 4.90 Å². The monoisotopic (exact) mass is 232 g/mol. The second-order valence-electron chi connectivity index (χ2n) is 4.70. The van der Waals surface area contributed by atoms with E-state index in [1.165, 1.54) is 5.56 Å². The van der Waals surface area contributed by atoms with Gasteiger partial charge in [0.25, 0.3) is 0 Å². The molecule has 2 rings (SSSR count). The van der Waals surface area contributed by atoms with E-state index in [4.69, 9.17) is 10.2 Å². The van der Waals surface area contributed by atoms with Crippen molar-refractivity contribution in [3.8, 4) is 0 Å². The number of nitrogens with zero attached hydrogens (tertiary/aromatic N) is 1. The molecule has 1 unspecified atom stereocenters. The van der Waals surface area contributed by atoms with Crippen molar-refractivity contribution in [1.82, 2.24) is 4.90 Å². The number of hydrogen-bond acceptors (Lipinski definition) is 3. The number of fused-ring (bicyclic) bond motifs is 1. The smallest absolute Gasteiger partial charge is 0.134 e. The van der Waals surface area contributed by atoms with Crippen LogP contribution in [0.2, 0.25) is 0 Å². The molecule has 0 aliphatic carbocycles. The standard InChI is InChI=1S/C14H20N2O/c1-10(2)16(3)13(8-15)12-9-17-14-7-5-4-6-11(12)14/h4-7,9-10,13H,8,15H2,1-3H3. The van der Waals surface area contributed by atoms with Gasteiger partial charge in [-0.1, -0.05) is 18.2 Å². The van der Waals surface area contributed by atoms with E-state index in [1.807, 2.05) is 24.5 Å². The molecule has 0 amide bonds. The number of benzene rings is 1. The predicted octanol–water partition coefficient (Wildman–Crippen LogP) is 2.77. The Kier molecular flexibility index (Phi) is 3.50. The van der Waals surface area contributed by atoms with Gasteiger partial charge in [0, 0.05) is 23.5 Å². The minimum absolute atomic E-state index is 0.207. The first-order chi connectivity index (χ1) is 8.15. The molecule has 0 saturated heterocycles. The van der Waals surface area contributed by atoms with Gasteiger partial charge in [0.1, 0.15) is 5.58 Å². The average Bonchev–Trinajstić information content (AvgIpc) is 2.74. The number of likely N-dealkylation sites (N-methyl/N-ethyl adjacent to an activating group) is 1. The number of furan rings is 1. The summed E-state index contributed by atoms with van der Waals surface area (Å²) in [6.07, 6.45) is 1.83. The number of nitrogens with two attached hydrogens (primary N) is 1. The Bertz CT molecular complexity index is 490. The maximum absolute atomic E-state index is 5.91. The average molecular weight is 232 g/mol. The van der Waals surface area contributed by atoms with Crippen molar-refractivity contribution in [3.05, 3.63) is 36.1 Å². The quantitative estimate of drug-likeness (QED) is 0.881. The molecule has 3 heteroatoms. The molecule has 1 atom stereocenters. The zero-order valence-corrected chi connectivity index (χ0v) is 10.7. The molecule has 0 radical (unpaired) electrons. The summed E-state index contributed by atoms with van der Waals surface area (Å²) in [4.78, 5) is 2.28. The summed E-state index contributed by atoms with van der Waals surface area (Å²) in [5.41, 5.74) is 8.02. The van der Waals surface area contributed by atoms with Crippen LogP contribution in [0.5, 0.6) is 0 Å². The minimum Gasteiger partial charge on any atom is -0.464 e. The number of para-hydroxylation sites is 1. The second kappa shape index (κ2) is 4.90. The van der Waals surface area contributed by atoms with Crippen LogP contribution in [0.15, 0.2) is 34.9 Å². The predicted molar refractivity (Wildman–Crippen MR) is 70.9 cm³/mol. The zero-order valence-electron chi connectivity index (χ0n) is 10.7. The van der Waals surface area contributed by atoms with Crippen LogP contribution in [0.1, 0.15) is 25.5 Å². The normalized spacial score (nSPS) is 13.8. The summed E-state index contributed by atoms with van der Waals surface area (Å²) in [6, 6.07) is 8.76. The fraction of sp³-hybridized carbons (Fsp3) is 0.429. The molecule has 92 valence electrons. The molecule has 2 aromatic rings. The lowest BCUT2D eigenvalue weighted by atomic mass is 10.0. The third-order valence-corrected chi connectivity index (χ3v) is 3.40. The Morgan fingerprint density at radius 2 is 2.00 bits per heavy atom. The van der Waals surface area contributed by atoms with E-state index in [9.17, 15) is 0 Å². The van der Waals surface area contributed by atoms with Crippen molar-refractivity contribution >= 4 is 11.0 Å². The molecule has 0 saturated carbocycles. The van der Waals surface area contributed by atoms with E-state index < -0.39 is 0 Å². The molecular weight excluding hydrogens is 212 g/mol. The summed E-state index contributed by atoms with van der Waals surface area (Å²) in [7, 11) is 2.10. The Balaban J connectivity index is 2.43. The van der Waals surface area contributed by atoms with Crippen molar-refractivity contribution < 1.29 is 4.42 Å². The third-order valence-electron chi connectivity index (χ3n) is 3.40. The molecule has 1 heterocycles. The zero-order chi connectivity index (χ0) is 12.4. The van der Waals surface area contributed by atoms with Crippen LogP contribution in [0.3, 0.4) is 0 Å². The molecule has 0 bridgehead atoms. The van der Waals surface area contributed by atoms with Crippen LogP contribution < -0.4 is 5.73 Å². The van der Waals surface area contributed by atoms with Crippen molar-refractivity contribution in [3.63, 3.8) is 0 Å². The lowest BCUT2D eigenvalue weighted by Crippen LogP contribution is -2.35. The van der Waals surface area contributed by atoms with Crippen LogP contribution in [0.4, 0.5) is 0 Å². The van der Waals surface area contributed by atoms with Crippen LogP contribution in [0.25, 0.3) is 11.0 Å². The fourth-order valence-corrected chi connectivity index (χ4v) is 2.13. The lowest BCUT2D eigenvalue weighted by molar-refractivity contribution is 0.201. The van der Waals surface area contributed by atoms with Crippen molar-refractivity contribution in [1.29, 1.82) is 0 Å². The van der Waals surface area contributed by atoms with Gasteiger partial charge in [0.2, 0.25) is 0 Å². The molecular formula is C14H20N2O. The molecule has 1 aromatic heterocycles. The summed E-state index contributed by atoms with van der Waals surface area (Å²) < 4.78 is 5.58. The van der Waals surface area contributed by atoms with Crippen molar-refractivity contribution in [2.45, 2.75) is 25.9 Å². The summed E-state index contributed by atoms with van der Waals surface area (Å²) in [5, 5.41) is 1.16. The van der Waals surface area contributed by atoms with Gasteiger partial charge in [-0.05, 0) is 27.0 Å². The lowest BCUT2D eigenvalue weighted by Gasteiger charge is -2.29. The Morgan fingerprint density at radius 1 is 1.29 bits per heavy atom. The highest BCUT2D eigenvalue weighted by atomic mass is 16.3. The highest BCUT2D eigenvalue weighted by Gasteiger charge is 2.21. The first-order valence-corrected chi connectivity index (χ1v) is 6.03. The molecule has 17 heavy (non-hydrogen) atoms. The second-order valence-corrected chi connectivity index (χ2v) is 4.70. The summed E-state index contributed by atoms with van der Waals surface area (Å²) >= 11 is 0. The molecule has 0 fully saturated rings. The molecule has 2 N–H and O–H groups in total. The first-order valence-electron chi connectivity index (χ1n) is 6.03. The van der Waals surface area contributed by atoms with Crippen molar-refractivity contribution in [2.24, 2.45) is 5.73 Å². The maximum atomic E-state index is 5.91. The molecule has 0 aliphatic rings. The molecule has 0 aliphatic heterocycles. The van der Waals surface area contributed by atoms with Gasteiger partial charge < -0.3 is 10.2 Å². The molecule has 0 spiro atoms. The highest BCUT2D eigenvalue weighted by Crippen LogP contribution is 2.29. The van der Waals surface area contributed by atoms with Gasteiger partial charge in [-0.15, -0.1) is 0 Å². The topological polar surface area (TPSA) is 42.4 Å². The Hall–Kier alpha value is -1.32. The summed E-state index contributed by atoms with van der Waals surface area (Å²) in [6.45, 7) is 4.94. The van der Waals surface area contributed by atoms with Crippen LogP contribution in [-0.2, 0) is 0 Å². The number of hydrogen-bond donors (Lipinski definition) is 1. The van der Waals surface area contributed by atoms with Crippen LogP contribution in [0, 0.1) is 0 Å². The fourth-order valence-electron chi connectivity index (χ4n) is 2.13. The van der Waals surface area contributed by atoms with Crippen molar-refractivity contribution in [2.75, 3.05) is 13.6 Å². The number of rotatable bonds is 4. The maximum Gasteiger partial charge on any atom is 0.134 e. The SMILES string of the molecule is CC(C)N(C)C(CN)c1coc2ccccc12. The van der Waals surface area contributed by atoms with E-state index in [-0.39, 0.29) is 6.04 Å². The van der Waals surface area contributed by atoms with Gasteiger partial charge in [0.15, 0.2) is 0 Å². The Morgan fingerprint density at radius 3 is 2.65 bits per heavy atom. The minimum atomic E-state index is 0.207. The van der Waals surface area contributed by atoms with E-state index in [2.05, 4.69) is 31.9 Å². The summed E-state index contributed by atoms with van der Waals surface area (Å²) in [5.74, 6) is 0. The molecule has 1 aromatic carbocycles. The first kappa shape index (κ1) is 12.1. The van der Waals surface area contributed by atoms with E-state index in [0.29, 0.717) is 12.6 Å². The highest BCUT2D eigenvalue weighted by molar-refractivity contribution is 5.81. The van der Waals surface area contributed by atoms with Gasteiger partial charge in [-0.25, -0.2) is 0 Å². The van der Waals surface area contributed by atoms with E-state index >= 15 is 0 Å². The van der Waals surface area contributed by atoms with Gasteiger partial charge >= 0.3 is 0 Å². The van der Waals surface area contributed by atoms with E-state index in [0.717, 1.165) is 11.0 Å². The van der Waals surface area contributed by atoms with Gasteiger partial charge in [-0.2, -0.15) is 0 Å². The van der Waals surface area contributed by atoms with E-state index in [1.54, 1.807) is 0 Å². The largest absolute Gasteiger partial charge is 0.464 e. The van der Waals surface area contributed by atoms with Crippen LogP contribution in [-0.4, -0.2) is 24.5 Å². The van der Waals surface area contributed by atoms with Gasteiger partial charge in [0.05, 0.1) is 12.3 Å².